The Hall–Kier alpha value is -3.12. The zero-order valence-corrected chi connectivity index (χ0v) is 14.7. The molecule has 0 saturated heterocycles. The van der Waals surface area contributed by atoms with Crippen LogP contribution in [0.4, 0.5) is 0 Å². The van der Waals surface area contributed by atoms with E-state index in [1.807, 2.05) is 31.2 Å². The molecule has 0 aliphatic heterocycles. The summed E-state index contributed by atoms with van der Waals surface area (Å²) in [4.78, 5) is 16.8. The maximum atomic E-state index is 12.6. The number of hydrogen-bond acceptors (Lipinski definition) is 4. The van der Waals surface area contributed by atoms with E-state index in [1.165, 1.54) is 15.3 Å². The van der Waals surface area contributed by atoms with Crippen LogP contribution in [0.15, 0.2) is 65.7 Å². The molecule has 4 rings (SSSR count). The van der Waals surface area contributed by atoms with E-state index in [0.717, 1.165) is 11.1 Å². The normalized spacial score (nSPS) is 11.0. The fourth-order valence-electron chi connectivity index (χ4n) is 2.70. The van der Waals surface area contributed by atoms with Crippen molar-refractivity contribution in [3.63, 3.8) is 0 Å². The van der Waals surface area contributed by atoms with Crippen LogP contribution in [0.25, 0.3) is 5.65 Å². The summed E-state index contributed by atoms with van der Waals surface area (Å²) in [5.41, 5.74) is 2.25. The third-order valence-electron chi connectivity index (χ3n) is 3.91. The zero-order valence-electron chi connectivity index (χ0n) is 14.0. The molecule has 0 N–H and O–H groups in total. The first-order valence-corrected chi connectivity index (χ1v) is 8.41. The summed E-state index contributed by atoms with van der Waals surface area (Å²) in [6.07, 6.45) is 3.09. The second kappa shape index (κ2) is 6.65. The molecule has 0 radical (unpaired) electrons. The number of halogens is 1. The quantitative estimate of drug-likeness (QED) is 0.552. The fourth-order valence-corrected chi connectivity index (χ4v) is 2.82. The van der Waals surface area contributed by atoms with E-state index in [0.29, 0.717) is 23.0 Å². The first kappa shape index (κ1) is 16.4. The molecule has 6 nitrogen and oxygen atoms in total. The SMILES string of the molecule is Cc1cccc(Cn2nc3c(Oc4ccc(Cl)cc4)nccn3c2=O)c1. The highest BCUT2D eigenvalue weighted by Crippen LogP contribution is 2.23. The minimum atomic E-state index is -0.245. The average molecular weight is 367 g/mol. The molecule has 0 saturated carbocycles. The highest BCUT2D eigenvalue weighted by atomic mass is 35.5. The Bertz CT molecular complexity index is 1130. The summed E-state index contributed by atoms with van der Waals surface area (Å²) in [6.45, 7) is 2.39. The molecule has 0 atom stereocenters. The van der Waals surface area contributed by atoms with Crippen LogP contribution in [0, 0.1) is 6.92 Å². The van der Waals surface area contributed by atoms with Crippen molar-refractivity contribution >= 4 is 17.2 Å². The van der Waals surface area contributed by atoms with E-state index < -0.39 is 0 Å². The van der Waals surface area contributed by atoms with Gasteiger partial charge in [0.05, 0.1) is 6.54 Å². The maximum absolute atomic E-state index is 12.6. The summed E-state index contributed by atoms with van der Waals surface area (Å²) in [5.74, 6) is 0.825. The van der Waals surface area contributed by atoms with Gasteiger partial charge in [-0.2, -0.15) is 0 Å². The van der Waals surface area contributed by atoms with Crippen molar-refractivity contribution in [3.05, 3.63) is 87.6 Å². The van der Waals surface area contributed by atoms with Crippen LogP contribution in [0.1, 0.15) is 11.1 Å². The van der Waals surface area contributed by atoms with Crippen LogP contribution >= 0.6 is 11.6 Å². The van der Waals surface area contributed by atoms with Gasteiger partial charge in [0, 0.05) is 17.4 Å². The Labute approximate surface area is 154 Å². The topological polar surface area (TPSA) is 61.4 Å². The minimum Gasteiger partial charge on any atom is -0.436 e. The summed E-state index contributed by atoms with van der Waals surface area (Å²) >= 11 is 5.89. The number of rotatable bonds is 4. The smallest absolute Gasteiger partial charge is 0.350 e. The summed E-state index contributed by atoms with van der Waals surface area (Å²) < 4.78 is 8.61. The van der Waals surface area contributed by atoms with Crippen molar-refractivity contribution in [2.75, 3.05) is 0 Å². The molecule has 0 amide bonds. The van der Waals surface area contributed by atoms with E-state index in [4.69, 9.17) is 16.3 Å². The van der Waals surface area contributed by atoms with Crippen LogP contribution < -0.4 is 10.4 Å². The molecular weight excluding hydrogens is 352 g/mol. The summed E-state index contributed by atoms with van der Waals surface area (Å²) in [7, 11) is 0. The second-order valence-corrected chi connectivity index (χ2v) is 6.35. The number of aryl methyl sites for hydroxylation is 1. The third-order valence-corrected chi connectivity index (χ3v) is 4.16. The molecule has 0 aliphatic carbocycles. The molecular formula is C19H15ClN4O2. The molecule has 26 heavy (non-hydrogen) atoms. The molecule has 4 aromatic rings. The van der Waals surface area contributed by atoms with E-state index in [2.05, 4.69) is 10.1 Å². The Morgan fingerprint density at radius 2 is 1.96 bits per heavy atom. The highest BCUT2D eigenvalue weighted by molar-refractivity contribution is 6.30. The van der Waals surface area contributed by atoms with Crippen LogP contribution in [0.5, 0.6) is 11.6 Å². The van der Waals surface area contributed by atoms with Gasteiger partial charge in [-0.3, -0.25) is 0 Å². The van der Waals surface area contributed by atoms with E-state index in [1.54, 1.807) is 30.5 Å². The van der Waals surface area contributed by atoms with E-state index in [-0.39, 0.29) is 11.6 Å². The molecule has 0 aliphatic rings. The minimum absolute atomic E-state index is 0.245. The number of nitrogens with zero attached hydrogens (tertiary/aromatic N) is 4. The number of ether oxygens (including phenoxy) is 1. The zero-order chi connectivity index (χ0) is 18.1. The van der Waals surface area contributed by atoms with Gasteiger partial charge in [-0.15, -0.1) is 5.10 Å². The van der Waals surface area contributed by atoms with Crippen LogP contribution in [-0.4, -0.2) is 19.2 Å². The lowest BCUT2D eigenvalue weighted by atomic mass is 10.1. The third kappa shape index (κ3) is 3.19. The highest BCUT2D eigenvalue weighted by Gasteiger charge is 2.14. The molecule has 2 heterocycles. The van der Waals surface area contributed by atoms with Gasteiger partial charge in [0.2, 0.25) is 5.65 Å². The predicted octanol–water partition coefficient (Wildman–Crippen LogP) is 3.69. The standard InChI is InChI=1S/C19H15ClN4O2/c1-13-3-2-4-14(11-13)12-24-19(25)23-10-9-21-18(17(23)22-24)26-16-7-5-15(20)6-8-16/h2-11H,12H2,1H3. The summed E-state index contributed by atoms with van der Waals surface area (Å²) in [6, 6.07) is 14.9. The Balaban J connectivity index is 1.72. The van der Waals surface area contributed by atoms with Gasteiger partial charge in [-0.05, 0) is 36.8 Å². The lowest BCUT2D eigenvalue weighted by Crippen LogP contribution is -2.21. The molecule has 0 fully saturated rings. The van der Waals surface area contributed by atoms with Crippen LogP contribution in [-0.2, 0) is 6.54 Å². The van der Waals surface area contributed by atoms with Gasteiger partial charge < -0.3 is 4.74 Å². The largest absolute Gasteiger partial charge is 0.436 e. The lowest BCUT2D eigenvalue weighted by molar-refractivity contribution is 0.464. The van der Waals surface area contributed by atoms with Crippen molar-refractivity contribution in [3.8, 4) is 11.6 Å². The lowest BCUT2D eigenvalue weighted by Gasteiger charge is -2.04. The monoisotopic (exact) mass is 366 g/mol. The van der Waals surface area contributed by atoms with Crippen molar-refractivity contribution in [2.24, 2.45) is 0 Å². The van der Waals surface area contributed by atoms with Crippen molar-refractivity contribution < 1.29 is 4.74 Å². The molecule has 2 aromatic carbocycles. The molecule has 7 heteroatoms. The predicted molar refractivity (Wildman–Crippen MR) is 99.1 cm³/mol. The summed E-state index contributed by atoms with van der Waals surface area (Å²) in [5, 5.41) is 5.02. The van der Waals surface area contributed by atoms with Gasteiger partial charge in [0.25, 0.3) is 5.88 Å². The molecule has 0 unspecified atom stereocenters. The van der Waals surface area contributed by atoms with Gasteiger partial charge in [-0.1, -0.05) is 41.4 Å². The van der Waals surface area contributed by atoms with Crippen LogP contribution in [0.3, 0.4) is 0 Å². The number of fused-ring (bicyclic) bond motifs is 1. The number of aromatic nitrogens is 4. The number of hydrogen-bond donors (Lipinski definition) is 0. The van der Waals surface area contributed by atoms with Crippen LogP contribution in [0.2, 0.25) is 5.02 Å². The Kier molecular flexibility index (Phi) is 4.18. The van der Waals surface area contributed by atoms with E-state index >= 15 is 0 Å². The molecule has 130 valence electrons. The Morgan fingerprint density at radius 3 is 2.73 bits per heavy atom. The van der Waals surface area contributed by atoms with Crippen molar-refractivity contribution in [2.45, 2.75) is 13.5 Å². The van der Waals surface area contributed by atoms with Gasteiger partial charge >= 0.3 is 5.69 Å². The van der Waals surface area contributed by atoms with Gasteiger partial charge in [-0.25, -0.2) is 18.9 Å². The molecule has 0 bridgehead atoms. The first-order valence-electron chi connectivity index (χ1n) is 8.03. The molecule has 0 spiro atoms. The van der Waals surface area contributed by atoms with Crippen molar-refractivity contribution in [1.29, 1.82) is 0 Å². The fraction of sp³-hybridized carbons (Fsp3) is 0.105. The van der Waals surface area contributed by atoms with Crippen molar-refractivity contribution in [1.82, 2.24) is 19.2 Å². The maximum Gasteiger partial charge on any atom is 0.350 e. The van der Waals surface area contributed by atoms with Gasteiger partial charge in [0.1, 0.15) is 5.75 Å². The second-order valence-electron chi connectivity index (χ2n) is 5.91. The average Bonchev–Trinajstić information content (AvgIpc) is 2.94. The molecule has 2 aromatic heterocycles. The first-order chi connectivity index (χ1) is 12.6. The van der Waals surface area contributed by atoms with E-state index in [9.17, 15) is 4.79 Å². The number of benzene rings is 2. The van der Waals surface area contributed by atoms with Gasteiger partial charge in [0.15, 0.2) is 0 Å². The Morgan fingerprint density at radius 1 is 1.15 bits per heavy atom.